The van der Waals surface area contributed by atoms with Crippen LogP contribution in [0.2, 0.25) is 0 Å². The molecule has 5 rings (SSSR count). The summed E-state index contributed by atoms with van der Waals surface area (Å²) >= 11 is 0. The zero-order chi connectivity index (χ0) is 27.9. The number of para-hydroxylation sites is 1. The number of cyclic esters (lactones) is 1. The molecule has 204 valence electrons. The van der Waals surface area contributed by atoms with E-state index < -0.39 is 29.2 Å². The maximum absolute atomic E-state index is 13.6. The van der Waals surface area contributed by atoms with Gasteiger partial charge in [-0.1, -0.05) is 25.1 Å². The quantitative estimate of drug-likeness (QED) is 0.224. The lowest BCUT2D eigenvalue weighted by Gasteiger charge is -2.35. The smallest absolute Gasteiger partial charge is 0.407 e. The number of alkyl carbamates (subject to hydrolysis) is 1. The van der Waals surface area contributed by atoms with Crippen molar-refractivity contribution in [3.05, 3.63) is 63.4 Å². The minimum absolute atomic E-state index is 0.0551. The largest absolute Gasteiger partial charge is 0.457 e. The SMILES string of the molecule is CC[C@@]1(OC(=O)CCCNC(=O)OC(C)(C)C)C(=O)OCc2c1cc1n(c2=O)Cc2cc3ccccc3nc2-1. The summed E-state index contributed by atoms with van der Waals surface area (Å²) in [5, 5.41) is 3.56. The van der Waals surface area contributed by atoms with Crippen molar-refractivity contribution < 1.29 is 28.6 Å². The molecule has 4 heterocycles. The predicted octanol–water partition coefficient (Wildman–Crippen LogP) is 3.94. The fraction of sp³-hybridized carbons (Fsp3) is 0.414. The van der Waals surface area contributed by atoms with Crippen LogP contribution in [0.15, 0.2) is 41.2 Å². The van der Waals surface area contributed by atoms with Crippen LogP contribution < -0.4 is 10.9 Å². The van der Waals surface area contributed by atoms with Gasteiger partial charge in [-0.05, 0) is 51.8 Å². The molecule has 2 aromatic heterocycles. The lowest BCUT2D eigenvalue weighted by atomic mass is 9.85. The monoisotopic (exact) mass is 533 g/mol. The Morgan fingerprint density at radius 2 is 1.95 bits per heavy atom. The highest BCUT2D eigenvalue weighted by Gasteiger charge is 2.50. The fourth-order valence-corrected chi connectivity index (χ4v) is 5.07. The number of ether oxygens (including phenoxy) is 3. The van der Waals surface area contributed by atoms with E-state index in [1.807, 2.05) is 30.3 Å². The van der Waals surface area contributed by atoms with Gasteiger partial charge in [-0.25, -0.2) is 14.6 Å². The second-order valence-corrected chi connectivity index (χ2v) is 10.8. The second kappa shape index (κ2) is 9.83. The van der Waals surface area contributed by atoms with Gasteiger partial charge in [0.05, 0.1) is 29.0 Å². The summed E-state index contributed by atoms with van der Waals surface area (Å²) in [6, 6.07) is 11.5. The molecule has 1 aromatic carbocycles. The van der Waals surface area contributed by atoms with Crippen molar-refractivity contribution in [1.29, 1.82) is 0 Å². The molecular formula is C29H31N3O7. The average Bonchev–Trinajstić information content (AvgIpc) is 3.24. The lowest BCUT2D eigenvalue weighted by molar-refractivity contribution is -0.189. The maximum atomic E-state index is 13.6. The van der Waals surface area contributed by atoms with Crippen LogP contribution in [0.1, 0.15) is 63.6 Å². The van der Waals surface area contributed by atoms with E-state index in [4.69, 9.17) is 19.2 Å². The molecule has 0 fully saturated rings. The van der Waals surface area contributed by atoms with E-state index in [1.165, 1.54) is 0 Å². The number of benzene rings is 1. The van der Waals surface area contributed by atoms with Crippen molar-refractivity contribution in [3.63, 3.8) is 0 Å². The predicted molar refractivity (Wildman–Crippen MR) is 142 cm³/mol. The van der Waals surface area contributed by atoms with Crippen LogP contribution in [0, 0.1) is 0 Å². The van der Waals surface area contributed by atoms with Crippen molar-refractivity contribution in [2.75, 3.05) is 6.54 Å². The first-order chi connectivity index (χ1) is 18.5. The number of hydrogen-bond donors (Lipinski definition) is 1. The first kappa shape index (κ1) is 26.4. The average molecular weight is 534 g/mol. The van der Waals surface area contributed by atoms with Crippen LogP contribution in [-0.2, 0) is 42.6 Å². The van der Waals surface area contributed by atoms with Crippen LogP contribution in [0.3, 0.4) is 0 Å². The highest BCUT2D eigenvalue weighted by Crippen LogP contribution is 2.41. The summed E-state index contributed by atoms with van der Waals surface area (Å²) < 4.78 is 18.0. The number of carbonyl (C=O) groups excluding carboxylic acids is 3. The van der Waals surface area contributed by atoms with E-state index in [9.17, 15) is 19.2 Å². The van der Waals surface area contributed by atoms with E-state index in [1.54, 1.807) is 38.3 Å². The highest BCUT2D eigenvalue weighted by atomic mass is 16.6. The Bertz CT molecular complexity index is 1550. The minimum atomic E-state index is -1.75. The first-order valence-electron chi connectivity index (χ1n) is 13.0. The van der Waals surface area contributed by atoms with Gasteiger partial charge in [0.1, 0.15) is 12.2 Å². The number of fused-ring (bicyclic) bond motifs is 5. The van der Waals surface area contributed by atoms with E-state index in [0.29, 0.717) is 23.5 Å². The molecule has 0 bridgehead atoms. The van der Waals surface area contributed by atoms with Crippen LogP contribution in [0.4, 0.5) is 4.79 Å². The molecule has 10 heteroatoms. The van der Waals surface area contributed by atoms with Crippen molar-refractivity contribution in [3.8, 4) is 11.4 Å². The Morgan fingerprint density at radius 1 is 1.18 bits per heavy atom. The molecule has 1 amide bonds. The van der Waals surface area contributed by atoms with Crippen molar-refractivity contribution in [2.24, 2.45) is 0 Å². The third kappa shape index (κ3) is 4.86. The van der Waals surface area contributed by atoms with Gasteiger partial charge in [-0.15, -0.1) is 0 Å². The number of pyridine rings is 2. The molecule has 1 N–H and O–H groups in total. The summed E-state index contributed by atoms with van der Waals surface area (Å²) in [7, 11) is 0. The van der Waals surface area contributed by atoms with Crippen LogP contribution in [-0.4, -0.2) is 39.7 Å². The zero-order valence-corrected chi connectivity index (χ0v) is 22.5. The molecule has 3 aromatic rings. The summed E-state index contributed by atoms with van der Waals surface area (Å²) in [5.41, 5.74) is 0.872. The summed E-state index contributed by atoms with van der Waals surface area (Å²) in [6.07, 6.45) is -0.277. The van der Waals surface area contributed by atoms with Gasteiger partial charge in [0.15, 0.2) is 0 Å². The van der Waals surface area contributed by atoms with Gasteiger partial charge in [-0.2, -0.15) is 0 Å². The molecule has 10 nitrogen and oxygen atoms in total. The third-order valence-corrected chi connectivity index (χ3v) is 6.90. The number of esters is 2. The number of hydrogen-bond acceptors (Lipinski definition) is 8. The molecule has 0 unspecified atom stereocenters. The molecular weight excluding hydrogens is 502 g/mol. The molecule has 0 radical (unpaired) electrons. The van der Waals surface area contributed by atoms with Gasteiger partial charge in [-0.3, -0.25) is 9.59 Å². The molecule has 0 saturated heterocycles. The number of nitrogens with zero attached hydrogens (tertiary/aromatic N) is 2. The van der Waals surface area contributed by atoms with E-state index in [0.717, 1.165) is 16.5 Å². The molecule has 2 aliphatic heterocycles. The van der Waals surface area contributed by atoms with Crippen LogP contribution in [0.5, 0.6) is 0 Å². The molecule has 0 saturated carbocycles. The molecule has 0 aliphatic carbocycles. The van der Waals surface area contributed by atoms with Crippen molar-refractivity contribution in [2.45, 2.75) is 71.3 Å². The second-order valence-electron chi connectivity index (χ2n) is 10.8. The minimum Gasteiger partial charge on any atom is -0.457 e. The number of rotatable bonds is 6. The van der Waals surface area contributed by atoms with Gasteiger partial charge < -0.3 is 24.1 Å². The van der Waals surface area contributed by atoms with Crippen molar-refractivity contribution >= 4 is 28.9 Å². The molecule has 2 aliphatic rings. The summed E-state index contributed by atoms with van der Waals surface area (Å²) in [5.74, 6) is -1.36. The number of carbonyl (C=O) groups is 3. The maximum Gasteiger partial charge on any atom is 0.407 e. The topological polar surface area (TPSA) is 126 Å². The normalized spacial score (nSPS) is 17.6. The van der Waals surface area contributed by atoms with E-state index in [-0.39, 0.29) is 43.5 Å². The van der Waals surface area contributed by atoms with Gasteiger partial charge in [0.2, 0.25) is 5.60 Å². The first-order valence-corrected chi connectivity index (χ1v) is 13.0. The van der Waals surface area contributed by atoms with Crippen molar-refractivity contribution in [1.82, 2.24) is 14.9 Å². The van der Waals surface area contributed by atoms with Gasteiger partial charge >= 0.3 is 18.0 Å². The molecule has 39 heavy (non-hydrogen) atoms. The van der Waals surface area contributed by atoms with Crippen LogP contribution >= 0.6 is 0 Å². The Hall–Kier alpha value is -4.21. The summed E-state index contributed by atoms with van der Waals surface area (Å²) in [4.78, 5) is 56.3. The van der Waals surface area contributed by atoms with E-state index >= 15 is 0 Å². The third-order valence-electron chi connectivity index (χ3n) is 6.90. The Morgan fingerprint density at radius 3 is 2.69 bits per heavy atom. The Balaban J connectivity index is 1.41. The van der Waals surface area contributed by atoms with E-state index in [2.05, 4.69) is 5.32 Å². The van der Waals surface area contributed by atoms with Gasteiger partial charge in [0, 0.05) is 29.5 Å². The zero-order valence-electron chi connectivity index (χ0n) is 22.5. The Kier molecular flexibility index (Phi) is 6.65. The summed E-state index contributed by atoms with van der Waals surface area (Å²) in [6.45, 7) is 7.33. The molecule has 0 spiro atoms. The van der Waals surface area contributed by atoms with Gasteiger partial charge in [0.25, 0.3) is 5.56 Å². The lowest BCUT2D eigenvalue weighted by Crippen LogP contribution is -2.47. The number of aromatic nitrogens is 2. The number of nitrogens with one attached hydrogen (secondary N) is 1. The fourth-order valence-electron chi connectivity index (χ4n) is 5.07. The van der Waals surface area contributed by atoms with Crippen LogP contribution in [0.25, 0.3) is 22.3 Å². The molecule has 1 atom stereocenters. The standard InChI is InChI=1S/C29H31N3O7/c1-5-29(38-23(33)11-8-12-30-27(36)39-28(2,3)4)20-14-22-24-18(13-17-9-6-7-10-21(17)31-24)15-32(22)25(34)19(20)16-37-26(29)35/h6-7,9-10,13-14H,5,8,11-12,15-16H2,1-4H3,(H,30,36)/t29-/m0/s1. The number of amides is 1. The Labute approximate surface area is 225 Å². The highest BCUT2D eigenvalue weighted by molar-refractivity contribution is 5.88.